The minimum atomic E-state index is 0.616. The molecule has 2 rings (SSSR count). The van der Waals surface area contributed by atoms with E-state index in [-0.39, 0.29) is 0 Å². The molecule has 1 fully saturated rings. The molecule has 2 heteroatoms. The minimum Gasteiger partial charge on any atom is -0.315 e. The Morgan fingerprint density at radius 1 is 1.14 bits per heavy atom. The van der Waals surface area contributed by atoms with Crippen molar-refractivity contribution in [3.05, 3.63) is 21.4 Å². The van der Waals surface area contributed by atoms with Gasteiger partial charge in [0, 0.05) is 15.8 Å². The maximum absolute atomic E-state index is 3.63. The molecule has 0 amide bonds. The molecule has 21 heavy (non-hydrogen) atoms. The summed E-state index contributed by atoms with van der Waals surface area (Å²) in [6.45, 7) is 10.2. The fourth-order valence-corrected chi connectivity index (χ4v) is 4.92. The molecule has 0 saturated heterocycles. The van der Waals surface area contributed by atoms with E-state index in [1.54, 1.807) is 4.88 Å². The molecule has 1 N–H and O–H groups in total. The summed E-state index contributed by atoms with van der Waals surface area (Å²) >= 11 is 2.01. The smallest absolute Gasteiger partial charge is 0.00774 e. The molecule has 1 nitrogen and oxygen atoms in total. The van der Waals surface area contributed by atoms with Crippen LogP contribution in [0, 0.1) is 19.3 Å². The van der Waals surface area contributed by atoms with Crippen LogP contribution in [0.5, 0.6) is 0 Å². The van der Waals surface area contributed by atoms with Crippen molar-refractivity contribution in [1.29, 1.82) is 0 Å². The minimum absolute atomic E-state index is 0.616. The SMILES string of the molecule is Cc1cc(C)c(CCC2(CCNC(C)C)CCCCC2)s1. The van der Waals surface area contributed by atoms with Gasteiger partial charge in [0.05, 0.1) is 0 Å². The third-order valence-electron chi connectivity index (χ3n) is 5.15. The van der Waals surface area contributed by atoms with Crippen molar-refractivity contribution in [3.63, 3.8) is 0 Å². The molecule has 0 atom stereocenters. The zero-order valence-corrected chi connectivity index (χ0v) is 15.2. The molecule has 0 bridgehead atoms. The van der Waals surface area contributed by atoms with E-state index in [4.69, 9.17) is 0 Å². The standard InChI is InChI=1S/C19H33NS/c1-15(2)20-13-12-19(9-6-5-7-10-19)11-8-18-16(3)14-17(4)21-18/h14-15,20H,5-13H2,1-4H3. The molecule has 0 radical (unpaired) electrons. The van der Waals surface area contributed by atoms with Crippen LogP contribution in [0.3, 0.4) is 0 Å². The Morgan fingerprint density at radius 2 is 1.86 bits per heavy atom. The van der Waals surface area contributed by atoms with Crippen LogP contribution in [0.4, 0.5) is 0 Å². The summed E-state index contributed by atoms with van der Waals surface area (Å²) < 4.78 is 0. The largest absolute Gasteiger partial charge is 0.315 e. The highest BCUT2D eigenvalue weighted by molar-refractivity contribution is 7.12. The van der Waals surface area contributed by atoms with Crippen LogP contribution in [0.15, 0.2) is 6.07 Å². The first-order valence-corrected chi connectivity index (χ1v) is 9.62. The maximum Gasteiger partial charge on any atom is 0.00774 e. The Kier molecular flexibility index (Phi) is 6.31. The number of aryl methyl sites for hydroxylation is 3. The summed E-state index contributed by atoms with van der Waals surface area (Å²) in [6, 6.07) is 2.97. The number of nitrogens with one attached hydrogen (secondary N) is 1. The molecule has 0 spiro atoms. The number of hydrogen-bond acceptors (Lipinski definition) is 2. The predicted octanol–water partition coefficient (Wildman–Crippen LogP) is 5.64. The number of rotatable bonds is 7. The lowest BCUT2D eigenvalue weighted by atomic mass is 9.69. The molecule has 1 heterocycles. The first-order chi connectivity index (χ1) is 10.0. The van der Waals surface area contributed by atoms with Gasteiger partial charge in [-0.05, 0) is 69.5 Å². The van der Waals surface area contributed by atoms with Crippen molar-refractivity contribution in [2.24, 2.45) is 5.41 Å². The lowest BCUT2D eigenvalue weighted by Gasteiger charge is -2.38. The highest BCUT2D eigenvalue weighted by atomic mass is 32.1. The molecule has 1 saturated carbocycles. The molecular formula is C19H33NS. The van der Waals surface area contributed by atoms with Crippen LogP contribution < -0.4 is 5.32 Å². The normalized spacial score (nSPS) is 18.3. The lowest BCUT2D eigenvalue weighted by Crippen LogP contribution is -2.32. The van der Waals surface area contributed by atoms with Crippen LogP contribution in [0.1, 0.15) is 74.1 Å². The summed E-state index contributed by atoms with van der Waals surface area (Å²) in [6.07, 6.45) is 11.3. The monoisotopic (exact) mass is 307 g/mol. The van der Waals surface area contributed by atoms with Gasteiger partial charge in [-0.2, -0.15) is 0 Å². The predicted molar refractivity (Wildman–Crippen MR) is 95.4 cm³/mol. The molecule has 1 aliphatic rings. The molecule has 120 valence electrons. The van der Waals surface area contributed by atoms with E-state index >= 15 is 0 Å². The van der Waals surface area contributed by atoms with Gasteiger partial charge in [-0.1, -0.05) is 33.1 Å². The van der Waals surface area contributed by atoms with E-state index in [9.17, 15) is 0 Å². The van der Waals surface area contributed by atoms with Crippen molar-refractivity contribution in [3.8, 4) is 0 Å². The Morgan fingerprint density at radius 3 is 2.43 bits per heavy atom. The highest BCUT2D eigenvalue weighted by Gasteiger charge is 2.31. The van der Waals surface area contributed by atoms with Gasteiger partial charge in [0.15, 0.2) is 0 Å². The molecule has 1 aromatic heterocycles. The number of thiophene rings is 1. The third-order valence-corrected chi connectivity index (χ3v) is 6.36. The first-order valence-electron chi connectivity index (χ1n) is 8.80. The van der Waals surface area contributed by atoms with Crippen molar-refractivity contribution >= 4 is 11.3 Å². The van der Waals surface area contributed by atoms with Gasteiger partial charge in [-0.25, -0.2) is 0 Å². The molecule has 0 aromatic carbocycles. The second-order valence-corrected chi connectivity index (χ2v) is 8.72. The molecule has 0 unspecified atom stereocenters. The van der Waals surface area contributed by atoms with E-state index in [0.29, 0.717) is 11.5 Å². The van der Waals surface area contributed by atoms with E-state index in [2.05, 4.69) is 39.1 Å². The average Bonchev–Trinajstić information content (AvgIpc) is 2.76. The van der Waals surface area contributed by atoms with Crippen molar-refractivity contribution in [1.82, 2.24) is 5.32 Å². The second-order valence-electron chi connectivity index (χ2n) is 7.38. The average molecular weight is 308 g/mol. The van der Waals surface area contributed by atoms with Crippen LogP contribution in [0.2, 0.25) is 0 Å². The first kappa shape index (κ1) is 17.0. The van der Waals surface area contributed by atoms with Crippen molar-refractivity contribution in [2.75, 3.05) is 6.54 Å². The Bertz CT molecular complexity index is 427. The third kappa shape index (κ3) is 5.10. The zero-order chi connectivity index (χ0) is 15.3. The van der Waals surface area contributed by atoms with Crippen LogP contribution >= 0.6 is 11.3 Å². The Labute approximate surface area is 135 Å². The summed E-state index contributed by atoms with van der Waals surface area (Å²) in [4.78, 5) is 3.11. The fourth-order valence-electron chi connectivity index (χ4n) is 3.87. The van der Waals surface area contributed by atoms with Gasteiger partial charge in [0.2, 0.25) is 0 Å². The van der Waals surface area contributed by atoms with Crippen molar-refractivity contribution < 1.29 is 0 Å². The van der Waals surface area contributed by atoms with E-state index in [1.165, 1.54) is 68.4 Å². The zero-order valence-electron chi connectivity index (χ0n) is 14.4. The van der Waals surface area contributed by atoms with Gasteiger partial charge in [0.25, 0.3) is 0 Å². The van der Waals surface area contributed by atoms with Gasteiger partial charge >= 0.3 is 0 Å². The maximum atomic E-state index is 3.63. The summed E-state index contributed by atoms with van der Waals surface area (Å²) in [5.41, 5.74) is 2.13. The molecule has 0 aliphatic heterocycles. The molecular weight excluding hydrogens is 274 g/mol. The van der Waals surface area contributed by atoms with Crippen LogP contribution in [-0.2, 0) is 6.42 Å². The molecule has 1 aliphatic carbocycles. The quantitative estimate of drug-likeness (QED) is 0.687. The van der Waals surface area contributed by atoms with Crippen molar-refractivity contribution in [2.45, 2.75) is 85.1 Å². The Hall–Kier alpha value is -0.340. The van der Waals surface area contributed by atoms with Gasteiger partial charge in [-0.15, -0.1) is 11.3 Å². The summed E-state index contributed by atoms with van der Waals surface area (Å²) in [5, 5.41) is 3.63. The van der Waals surface area contributed by atoms with E-state index in [1.807, 2.05) is 11.3 Å². The summed E-state index contributed by atoms with van der Waals surface area (Å²) in [5.74, 6) is 0. The van der Waals surface area contributed by atoms with Gasteiger partial charge < -0.3 is 5.32 Å². The summed E-state index contributed by atoms with van der Waals surface area (Å²) in [7, 11) is 0. The van der Waals surface area contributed by atoms with Crippen LogP contribution in [0.25, 0.3) is 0 Å². The van der Waals surface area contributed by atoms with E-state index < -0.39 is 0 Å². The van der Waals surface area contributed by atoms with Gasteiger partial charge in [-0.3, -0.25) is 0 Å². The Balaban J connectivity index is 1.93. The number of hydrogen-bond donors (Lipinski definition) is 1. The lowest BCUT2D eigenvalue weighted by molar-refractivity contribution is 0.156. The topological polar surface area (TPSA) is 12.0 Å². The molecule has 1 aromatic rings. The van der Waals surface area contributed by atoms with Crippen LogP contribution in [-0.4, -0.2) is 12.6 Å². The fraction of sp³-hybridized carbons (Fsp3) is 0.789. The van der Waals surface area contributed by atoms with Gasteiger partial charge in [0.1, 0.15) is 0 Å². The van der Waals surface area contributed by atoms with E-state index in [0.717, 1.165) is 0 Å². The second kappa shape index (κ2) is 7.78. The highest BCUT2D eigenvalue weighted by Crippen LogP contribution is 2.43.